The van der Waals surface area contributed by atoms with Crippen molar-refractivity contribution < 1.29 is 15.0 Å². The van der Waals surface area contributed by atoms with Crippen molar-refractivity contribution in [2.45, 2.75) is 12.5 Å². The molecule has 0 heterocycles. The van der Waals surface area contributed by atoms with E-state index in [1.54, 1.807) is 12.1 Å². The summed E-state index contributed by atoms with van der Waals surface area (Å²) >= 11 is 3.23. The van der Waals surface area contributed by atoms with Crippen molar-refractivity contribution in [1.82, 2.24) is 5.32 Å². The molecule has 0 aromatic heterocycles. The molecule has 0 radical (unpaired) electrons. The van der Waals surface area contributed by atoms with Crippen LogP contribution in [-0.4, -0.2) is 34.9 Å². The lowest BCUT2D eigenvalue weighted by Crippen LogP contribution is -2.43. The van der Waals surface area contributed by atoms with Gasteiger partial charge in [-0.2, -0.15) is 0 Å². The van der Waals surface area contributed by atoms with Gasteiger partial charge in [-0.15, -0.1) is 0 Å². The normalized spacial score (nSPS) is 14.1. The zero-order valence-electron chi connectivity index (χ0n) is 9.40. The molecule has 0 aliphatic rings. The van der Waals surface area contributed by atoms with E-state index in [-0.39, 0.29) is 12.5 Å². The number of aliphatic hydroxyl groups is 2. The minimum Gasteiger partial charge on any atom is -0.398 e. The number of amides is 1. The van der Waals surface area contributed by atoms with E-state index in [4.69, 9.17) is 10.8 Å². The molecule has 1 amide bonds. The van der Waals surface area contributed by atoms with Gasteiger partial charge >= 0.3 is 0 Å². The van der Waals surface area contributed by atoms with Crippen LogP contribution < -0.4 is 11.1 Å². The molecule has 0 spiro atoms. The number of anilines is 1. The monoisotopic (exact) mass is 302 g/mol. The number of nitrogens with two attached hydrogens (primary N) is 1. The molecule has 5 nitrogen and oxygen atoms in total. The van der Waals surface area contributed by atoms with Gasteiger partial charge in [-0.1, -0.05) is 0 Å². The summed E-state index contributed by atoms with van der Waals surface area (Å²) in [4.78, 5) is 11.7. The molecule has 6 heteroatoms. The molecule has 0 aliphatic carbocycles. The summed E-state index contributed by atoms with van der Waals surface area (Å²) in [5.41, 5.74) is 5.19. The Labute approximate surface area is 108 Å². The van der Waals surface area contributed by atoms with Crippen LogP contribution in [0.2, 0.25) is 0 Å². The van der Waals surface area contributed by atoms with Gasteiger partial charge in [0.15, 0.2) is 0 Å². The van der Waals surface area contributed by atoms with Crippen LogP contribution in [0, 0.1) is 0 Å². The average Bonchev–Trinajstić information content (AvgIpc) is 2.30. The maximum Gasteiger partial charge on any atom is 0.251 e. The maximum atomic E-state index is 11.7. The first kappa shape index (κ1) is 14.0. The number of rotatable bonds is 4. The second-order valence-electron chi connectivity index (χ2n) is 4.07. The number of carbonyl (C=O) groups is 1. The highest BCUT2D eigenvalue weighted by Gasteiger charge is 2.20. The molecule has 0 aliphatic heterocycles. The largest absolute Gasteiger partial charge is 0.398 e. The number of nitrogen functional groups attached to an aromatic ring is 1. The van der Waals surface area contributed by atoms with Crippen LogP contribution >= 0.6 is 15.9 Å². The summed E-state index contributed by atoms with van der Waals surface area (Å²) in [6.07, 6.45) is 0. The summed E-state index contributed by atoms with van der Waals surface area (Å²) < 4.78 is 0.719. The fourth-order valence-electron chi connectivity index (χ4n) is 1.11. The van der Waals surface area contributed by atoms with Gasteiger partial charge in [0.25, 0.3) is 5.91 Å². The van der Waals surface area contributed by atoms with Crippen molar-refractivity contribution in [2.75, 3.05) is 18.9 Å². The molecule has 94 valence electrons. The van der Waals surface area contributed by atoms with E-state index in [0.717, 1.165) is 4.47 Å². The number of aliphatic hydroxyl groups excluding tert-OH is 1. The Morgan fingerprint density at radius 3 is 2.76 bits per heavy atom. The Morgan fingerprint density at radius 2 is 2.24 bits per heavy atom. The molecule has 17 heavy (non-hydrogen) atoms. The van der Waals surface area contributed by atoms with E-state index in [1.807, 2.05) is 0 Å². The minimum absolute atomic E-state index is 0.0295. The molecule has 0 bridgehead atoms. The predicted octanol–water partition coefficient (Wildman–Crippen LogP) is 0.504. The summed E-state index contributed by atoms with van der Waals surface area (Å²) in [7, 11) is 0. The second kappa shape index (κ2) is 5.48. The smallest absolute Gasteiger partial charge is 0.251 e. The van der Waals surface area contributed by atoms with Gasteiger partial charge in [-0.25, -0.2) is 0 Å². The Kier molecular flexibility index (Phi) is 4.50. The number of carbonyl (C=O) groups excluding carboxylic acids is 1. The van der Waals surface area contributed by atoms with E-state index in [2.05, 4.69) is 21.2 Å². The number of hydrogen-bond acceptors (Lipinski definition) is 4. The van der Waals surface area contributed by atoms with Crippen molar-refractivity contribution in [3.8, 4) is 0 Å². The quantitative estimate of drug-likeness (QED) is 0.609. The summed E-state index contributed by atoms with van der Waals surface area (Å²) in [6.45, 7) is 0.983. The molecule has 1 aromatic rings. The lowest BCUT2D eigenvalue weighted by atomic mass is 10.1. The second-order valence-corrected chi connectivity index (χ2v) is 4.93. The fourth-order valence-corrected chi connectivity index (χ4v) is 1.36. The van der Waals surface area contributed by atoms with Crippen LogP contribution in [0.5, 0.6) is 0 Å². The molecule has 0 saturated heterocycles. The van der Waals surface area contributed by atoms with Crippen LogP contribution in [0.25, 0.3) is 0 Å². The van der Waals surface area contributed by atoms with Crippen LogP contribution in [0.1, 0.15) is 17.3 Å². The zero-order chi connectivity index (χ0) is 13.1. The molecule has 1 aromatic carbocycles. The van der Waals surface area contributed by atoms with Gasteiger partial charge in [-0.05, 0) is 41.1 Å². The van der Waals surface area contributed by atoms with Gasteiger partial charge in [0, 0.05) is 22.3 Å². The van der Waals surface area contributed by atoms with Crippen molar-refractivity contribution in [3.05, 3.63) is 28.2 Å². The summed E-state index contributed by atoms with van der Waals surface area (Å²) in [5.74, 6) is -0.349. The lowest BCUT2D eigenvalue weighted by Gasteiger charge is -2.20. The lowest BCUT2D eigenvalue weighted by molar-refractivity contribution is 0.00320. The molecule has 1 rings (SSSR count). The minimum atomic E-state index is -1.32. The molecule has 5 N–H and O–H groups in total. The number of nitrogens with one attached hydrogen (secondary N) is 1. The van der Waals surface area contributed by atoms with Crippen molar-refractivity contribution in [3.63, 3.8) is 0 Å². The predicted molar refractivity (Wildman–Crippen MR) is 68.6 cm³/mol. The van der Waals surface area contributed by atoms with Gasteiger partial charge in [0.05, 0.1) is 6.61 Å². The van der Waals surface area contributed by atoms with Crippen molar-refractivity contribution in [2.24, 2.45) is 0 Å². The summed E-state index contributed by atoms with van der Waals surface area (Å²) in [6, 6.07) is 4.82. The fraction of sp³-hybridized carbons (Fsp3) is 0.364. The molecule has 0 saturated carbocycles. The highest BCUT2D eigenvalue weighted by atomic mass is 79.9. The number of hydrogen-bond donors (Lipinski definition) is 4. The molecular weight excluding hydrogens is 288 g/mol. The Morgan fingerprint density at radius 1 is 1.59 bits per heavy atom. The Bertz CT molecular complexity index is 421. The first-order chi connectivity index (χ1) is 7.85. The Balaban J connectivity index is 2.68. The standard InChI is InChI=1S/C11H15BrN2O3/c1-11(17,6-15)5-14-10(16)7-2-3-8(12)9(13)4-7/h2-4,15,17H,5-6,13H2,1H3,(H,14,16). The molecule has 1 unspecified atom stereocenters. The van der Waals surface area contributed by atoms with E-state index in [0.29, 0.717) is 11.3 Å². The van der Waals surface area contributed by atoms with Gasteiger partial charge in [-0.3, -0.25) is 4.79 Å². The highest BCUT2D eigenvalue weighted by molar-refractivity contribution is 9.10. The van der Waals surface area contributed by atoms with E-state index >= 15 is 0 Å². The third-order valence-electron chi connectivity index (χ3n) is 2.23. The molecule has 1 atom stereocenters. The molecular formula is C11H15BrN2O3. The van der Waals surface area contributed by atoms with Crippen LogP contribution in [0.15, 0.2) is 22.7 Å². The first-order valence-electron chi connectivity index (χ1n) is 5.02. The van der Waals surface area contributed by atoms with E-state index in [1.165, 1.54) is 13.0 Å². The van der Waals surface area contributed by atoms with E-state index < -0.39 is 12.2 Å². The number of halogens is 1. The highest BCUT2D eigenvalue weighted by Crippen LogP contribution is 2.20. The van der Waals surface area contributed by atoms with Crippen LogP contribution in [0.3, 0.4) is 0 Å². The van der Waals surface area contributed by atoms with Crippen molar-refractivity contribution >= 4 is 27.5 Å². The van der Waals surface area contributed by atoms with Crippen LogP contribution in [0.4, 0.5) is 5.69 Å². The summed E-state index contributed by atoms with van der Waals surface area (Å²) in [5, 5.41) is 20.9. The number of benzene rings is 1. The SMILES string of the molecule is CC(O)(CO)CNC(=O)c1ccc(Br)c(N)c1. The van der Waals surface area contributed by atoms with Crippen LogP contribution in [-0.2, 0) is 0 Å². The van der Waals surface area contributed by atoms with Gasteiger partial charge in [0.1, 0.15) is 5.60 Å². The Hall–Kier alpha value is -1.11. The topological polar surface area (TPSA) is 95.6 Å². The van der Waals surface area contributed by atoms with E-state index in [9.17, 15) is 9.90 Å². The zero-order valence-corrected chi connectivity index (χ0v) is 11.0. The first-order valence-corrected chi connectivity index (χ1v) is 5.81. The van der Waals surface area contributed by atoms with Crippen molar-refractivity contribution in [1.29, 1.82) is 0 Å². The third kappa shape index (κ3) is 3.99. The third-order valence-corrected chi connectivity index (χ3v) is 2.95. The van der Waals surface area contributed by atoms with Gasteiger partial charge in [0.2, 0.25) is 0 Å². The average molecular weight is 303 g/mol. The molecule has 0 fully saturated rings. The van der Waals surface area contributed by atoms with Gasteiger partial charge < -0.3 is 21.3 Å². The maximum absolute atomic E-state index is 11.7.